The second-order valence-corrected chi connectivity index (χ2v) is 5.23. The molecule has 4 nitrogen and oxygen atoms in total. The molecule has 0 spiro atoms. The molecule has 0 atom stereocenters. The summed E-state index contributed by atoms with van der Waals surface area (Å²) < 4.78 is 1.71. The van der Waals surface area contributed by atoms with Crippen LogP contribution in [-0.2, 0) is 7.05 Å². The number of allylic oxidation sites excluding steroid dienone is 1. The van der Waals surface area contributed by atoms with Gasteiger partial charge in [-0.1, -0.05) is 18.2 Å². The average molecular weight is 297 g/mol. The standard InChI is InChI=1S/C18H23N3O/c1-5-21(6-2)16-10-7-15(8-11-16)9-12-18(22)17-13-19-20(4)14(17)3/h7-13H,5-6H2,1-4H3/b12-9+. The van der Waals surface area contributed by atoms with Crippen molar-refractivity contribution in [2.75, 3.05) is 18.0 Å². The Kier molecular flexibility index (Phi) is 5.15. The number of aromatic nitrogens is 2. The zero-order valence-corrected chi connectivity index (χ0v) is 13.7. The molecule has 0 radical (unpaired) electrons. The molecule has 0 aliphatic heterocycles. The maximum absolute atomic E-state index is 12.2. The lowest BCUT2D eigenvalue weighted by Gasteiger charge is -2.20. The van der Waals surface area contributed by atoms with Crippen molar-refractivity contribution >= 4 is 17.5 Å². The predicted molar refractivity (Wildman–Crippen MR) is 91.3 cm³/mol. The molecule has 0 saturated carbocycles. The number of carbonyl (C=O) groups excluding carboxylic acids is 1. The smallest absolute Gasteiger partial charge is 0.189 e. The predicted octanol–water partition coefficient (Wildman–Crippen LogP) is 3.47. The Bertz CT molecular complexity index is 664. The van der Waals surface area contributed by atoms with E-state index in [-0.39, 0.29) is 5.78 Å². The van der Waals surface area contributed by atoms with Crippen LogP contribution in [0.4, 0.5) is 5.69 Å². The van der Waals surface area contributed by atoms with E-state index in [2.05, 4.69) is 36.0 Å². The molecule has 0 amide bonds. The zero-order chi connectivity index (χ0) is 16.1. The fourth-order valence-corrected chi connectivity index (χ4v) is 2.39. The van der Waals surface area contributed by atoms with Crippen LogP contribution >= 0.6 is 0 Å². The largest absolute Gasteiger partial charge is 0.372 e. The zero-order valence-electron chi connectivity index (χ0n) is 13.7. The third-order valence-corrected chi connectivity index (χ3v) is 3.95. The first-order chi connectivity index (χ1) is 10.6. The number of hydrogen-bond acceptors (Lipinski definition) is 3. The normalized spacial score (nSPS) is 11.1. The van der Waals surface area contributed by atoms with Gasteiger partial charge < -0.3 is 4.90 Å². The van der Waals surface area contributed by atoms with Crippen LogP contribution in [-0.4, -0.2) is 28.7 Å². The molecule has 2 aromatic rings. The summed E-state index contributed by atoms with van der Waals surface area (Å²) >= 11 is 0. The number of anilines is 1. The molecule has 1 heterocycles. The van der Waals surface area contributed by atoms with Crippen LogP contribution < -0.4 is 4.90 Å². The molecule has 1 aromatic heterocycles. The molecule has 0 fully saturated rings. The Hall–Kier alpha value is -2.36. The highest BCUT2D eigenvalue weighted by atomic mass is 16.1. The lowest BCUT2D eigenvalue weighted by Crippen LogP contribution is -2.21. The summed E-state index contributed by atoms with van der Waals surface area (Å²) in [6.45, 7) is 8.17. The fourth-order valence-electron chi connectivity index (χ4n) is 2.39. The lowest BCUT2D eigenvalue weighted by molar-refractivity contribution is 0.104. The first kappa shape index (κ1) is 16.0. The fraction of sp³-hybridized carbons (Fsp3) is 0.333. The maximum Gasteiger partial charge on any atom is 0.189 e. The van der Waals surface area contributed by atoms with E-state index in [0.29, 0.717) is 5.56 Å². The molecule has 0 N–H and O–H groups in total. The van der Waals surface area contributed by atoms with E-state index in [4.69, 9.17) is 0 Å². The molecular formula is C18H23N3O. The Morgan fingerprint density at radius 2 is 1.86 bits per heavy atom. The summed E-state index contributed by atoms with van der Waals surface area (Å²) in [5.41, 5.74) is 3.76. The van der Waals surface area contributed by atoms with Crippen LogP contribution in [0.5, 0.6) is 0 Å². The van der Waals surface area contributed by atoms with E-state index in [9.17, 15) is 4.79 Å². The van der Waals surface area contributed by atoms with Crippen LogP contribution in [0.25, 0.3) is 6.08 Å². The highest BCUT2D eigenvalue weighted by molar-refractivity contribution is 6.07. The van der Waals surface area contributed by atoms with Gasteiger partial charge in [0, 0.05) is 31.5 Å². The van der Waals surface area contributed by atoms with Gasteiger partial charge in [-0.3, -0.25) is 9.48 Å². The number of aryl methyl sites for hydroxylation is 1. The first-order valence-corrected chi connectivity index (χ1v) is 7.62. The van der Waals surface area contributed by atoms with Gasteiger partial charge in [0.25, 0.3) is 0 Å². The van der Waals surface area contributed by atoms with Gasteiger partial charge in [0.05, 0.1) is 11.8 Å². The highest BCUT2D eigenvalue weighted by Crippen LogP contribution is 2.16. The summed E-state index contributed by atoms with van der Waals surface area (Å²) in [6, 6.07) is 8.25. The Balaban J connectivity index is 2.10. The van der Waals surface area contributed by atoms with Crippen molar-refractivity contribution in [1.82, 2.24) is 9.78 Å². The molecule has 0 unspecified atom stereocenters. The van der Waals surface area contributed by atoms with Gasteiger partial charge in [-0.2, -0.15) is 5.10 Å². The van der Waals surface area contributed by atoms with Gasteiger partial charge in [0.1, 0.15) is 0 Å². The van der Waals surface area contributed by atoms with Crippen molar-refractivity contribution in [2.45, 2.75) is 20.8 Å². The van der Waals surface area contributed by atoms with E-state index in [1.807, 2.05) is 32.2 Å². The molecule has 4 heteroatoms. The van der Waals surface area contributed by atoms with Crippen molar-refractivity contribution < 1.29 is 4.79 Å². The van der Waals surface area contributed by atoms with Gasteiger partial charge in [0.15, 0.2) is 5.78 Å². The molecule has 116 valence electrons. The minimum atomic E-state index is -0.0154. The van der Waals surface area contributed by atoms with Crippen LogP contribution in [0.15, 0.2) is 36.5 Å². The van der Waals surface area contributed by atoms with Gasteiger partial charge in [-0.25, -0.2) is 0 Å². The molecule has 0 saturated heterocycles. The second kappa shape index (κ2) is 7.07. The van der Waals surface area contributed by atoms with Crippen molar-refractivity contribution in [3.05, 3.63) is 53.4 Å². The summed E-state index contributed by atoms with van der Waals surface area (Å²) in [4.78, 5) is 14.5. The Morgan fingerprint density at radius 3 is 2.36 bits per heavy atom. The van der Waals surface area contributed by atoms with E-state index >= 15 is 0 Å². The van der Waals surface area contributed by atoms with Gasteiger partial charge in [-0.05, 0) is 44.5 Å². The van der Waals surface area contributed by atoms with Crippen LogP contribution in [0.3, 0.4) is 0 Å². The van der Waals surface area contributed by atoms with Crippen molar-refractivity contribution in [2.24, 2.45) is 7.05 Å². The van der Waals surface area contributed by atoms with Crippen molar-refractivity contribution in [1.29, 1.82) is 0 Å². The van der Waals surface area contributed by atoms with E-state index < -0.39 is 0 Å². The molecule has 22 heavy (non-hydrogen) atoms. The van der Waals surface area contributed by atoms with E-state index in [0.717, 1.165) is 24.3 Å². The number of carbonyl (C=O) groups is 1. The molecule has 0 aliphatic rings. The minimum Gasteiger partial charge on any atom is -0.372 e. The second-order valence-electron chi connectivity index (χ2n) is 5.23. The Morgan fingerprint density at radius 1 is 1.23 bits per heavy atom. The highest BCUT2D eigenvalue weighted by Gasteiger charge is 2.09. The van der Waals surface area contributed by atoms with Gasteiger partial charge in [-0.15, -0.1) is 0 Å². The summed E-state index contributed by atoms with van der Waals surface area (Å²) in [7, 11) is 1.84. The lowest BCUT2D eigenvalue weighted by atomic mass is 10.1. The minimum absolute atomic E-state index is 0.0154. The van der Waals surface area contributed by atoms with Crippen molar-refractivity contribution in [3.8, 4) is 0 Å². The molecule has 0 aliphatic carbocycles. The summed E-state index contributed by atoms with van der Waals surface area (Å²) in [5.74, 6) is -0.0154. The molecule has 2 rings (SSSR count). The SMILES string of the molecule is CCN(CC)c1ccc(/C=C/C(=O)c2cnn(C)c2C)cc1. The quantitative estimate of drug-likeness (QED) is 0.605. The third kappa shape index (κ3) is 3.45. The average Bonchev–Trinajstić information content (AvgIpc) is 2.87. The van der Waals surface area contributed by atoms with Gasteiger partial charge >= 0.3 is 0 Å². The molecule has 0 bridgehead atoms. The van der Waals surface area contributed by atoms with E-state index in [1.165, 1.54) is 5.69 Å². The number of rotatable bonds is 6. The topological polar surface area (TPSA) is 38.1 Å². The van der Waals surface area contributed by atoms with Crippen LogP contribution in [0.2, 0.25) is 0 Å². The summed E-state index contributed by atoms with van der Waals surface area (Å²) in [6.07, 6.45) is 5.07. The van der Waals surface area contributed by atoms with Crippen LogP contribution in [0, 0.1) is 6.92 Å². The number of nitrogens with zero attached hydrogens (tertiary/aromatic N) is 3. The molecule has 1 aromatic carbocycles. The number of benzene rings is 1. The first-order valence-electron chi connectivity index (χ1n) is 7.62. The maximum atomic E-state index is 12.2. The molecular weight excluding hydrogens is 274 g/mol. The van der Waals surface area contributed by atoms with Crippen LogP contribution in [0.1, 0.15) is 35.5 Å². The Labute approximate surface area is 132 Å². The summed E-state index contributed by atoms with van der Waals surface area (Å²) in [5, 5.41) is 4.10. The van der Waals surface area contributed by atoms with Crippen molar-refractivity contribution in [3.63, 3.8) is 0 Å². The monoisotopic (exact) mass is 297 g/mol. The van der Waals surface area contributed by atoms with E-state index in [1.54, 1.807) is 17.0 Å². The third-order valence-electron chi connectivity index (χ3n) is 3.95. The number of hydrogen-bond donors (Lipinski definition) is 0. The van der Waals surface area contributed by atoms with Gasteiger partial charge in [0.2, 0.25) is 0 Å². The number of ketones is 1.